The molecule has 0 unspecified atom stereocenters. The molecule has 2 atom stereocenters. The van der Waals surface area contributed by atoms with Gasteiger partial charge in [-0.15, -0.1) is 0 Å². The highest BCUT2D eigenvalue weighted by molar-refractivity contribution is 6.64. The van der Waals surface area contributed by atoms with Gasteiger partial charge in [0.1, 0.15) is 0 Å². The molecule has 1 aliphatic rings. The Hall–Kier alpha value is -0.0800. The highest BCUT2D eigenvalue weighted by Crippen LogP contribution is 2.34. The fraction of sp³-hybridized carbons (Fsp3) is 0.889. The molecule has 1 rings (SSSR count). The summed E-state index contributed by atoms with van der Waals surface area (Å²) in [4.78, 5) is 13.1. The molecule has 2 nitrogen and oxygen atoms in total. The highest BCUT2D eigenvalue weighted by Gasteiger charge is 2.44. The van der Waals surface area contributed by atoms with Gasteiger partial charge in [-0.1, -0.05) is 0 Å². The maximum Gasteiger partial charge on any atom is 0.238 e. The molecule has 0 saturated carbocycles. The second kappa shape index (κ2) is 3.00. The van der Waals surface area contributed by atoms with E-state index in [4.69, 9.17) is 11.6 Å². The Morgan fingerprint density at radius 3 is 2.17 bits per heavy atom. The lowest BCUT2D eigenvalue weighted by molar-refractivity contribution is -0.130. The first-order chi connectivity index (χ1) is 5.34. The van der Waals surface area contributed by atoms with Crippen LogP contribution in [0.1, 0.15) is 34.1 Å². The van der Waals surface area contributed by atoms with Crippen LogP contribution in [-0.4, -0.2) is 27.8 Å². The molecule has 0 spiro atoms. The molecule has 1 saturated heterocycles. The van der Waals surface area contributed by atoms with Crippen LogP contribution in [0.4, 0.5) is 0 Å². The molecule has 0 amide bonds. The Labute approximate surface area is 78.9 Å². The molecule has 0 aliphatic carbocycles. The Morgan fingerprint density at radius 2 is 2.00 bits per heavy atom. The van der Waals surface area contributed by atoms with E-state index in [9.17, 15) is 4.79 Å². The number of hydrogen-bond acceptors (Lipinski definition) is 2. The molecular formula is C9H16ClNO. The van der Waals surface area contributed by atoms with Crippen molar-refractivity contribution in [3.63, 3.8) is 0 Å². The van der Waals surface area contributed by atoms with E-state index in [1.165, 1.54) is 0 Å². The van der Waals surface area contributed by atoms with Gasteiger partial charge in [-0.25, -0.2) is 0 Å². The van der Waals surface area contributed by atoms with E-state index in [1.54, 1.807) is 0 Å². The van der Waals surface area contributed by atoms with E-state index in [2.05, 4.69) is 32.6 Å². The lowest BCUT2D eigenvalue weighted by Gasteiger charge is -2.52. The van der Waals surface area contributed by atoms with Crippen molar-refractivity contribution < 1.29 is 4.79 Å². The number of hydrogen-bond donors (Lipinski definition) is 0. The first-order valence-electron chi connectivity index (χ1n) is 4.32. The number of likely N-dealkylation sites (tertiary alicyclic amines) is 1. The maximum absolute atomic E-state index is 11.0. The van der Waals surface area contributed by atoms with Gasteiger partial charge < -0.3 is 0 Å². The first-order valence-corrected chi connectivity index (χ1v) is 4.69. The molecule has 0 aromatic carbocycles. The average Bonchev–Trinajstić information content (AvgIpc) is 1.77. The van der Waals surface area contributed by atoms with Gasteiger partial charge in [-0.3, -0.25) is 9.69 Å². The zero-order chi connectivity index (χ0) is 9.52. The summed E-state index contributed by atoms with van der Waals surface area (Å²) in [5.74, 6) is 0. The van der Waals surface area contributed by atoms with Gasteiger partial charge in [0.05, 0.1) is 6.04 Å². The molecule has 1 aliphatic heterocycles. The van der Waals surface area contributed by atoms with Crippen LogP contribution in [0.3, 0.4) is 0 Å². The zero-order valence-electron chi connectivity index (χ0n) is 8.10. The van der Waals surface area contributed by atoms with E-state index >= 15 is 0 Å². The molecule has 0 bridgehead atoms. The van der Waals surface area contributed by atoms with Gasteiger partial charge in [0.15, 0.2) is 0 Å². The van der Waals surface area contributed by atoms with Crippen molar-refractivity contribution in [3.05, 3.63) is 0 Å². The molecule has 1 heterocycles. The summed E-state index contributed by atoms with van der Waals surface area (Å²) in [6.07, 6.45) is 0.902. The third-order valence-corrected chi connectivity index (χ3v) is 2.66. The van der Waals surface area contributed by atoms with E-state index in [1.807, 2.05) is 0 Å². The third kappa shape index (κ3) is 1.64. The number of carbonyl (C=O) groups is 1. The summed E-state index contributed by atoms with van der Waals surface area (Å²) in [7, 11) is 0. The molecule has 0 N–H and O–H groups in total. The van der Waals surface area contributed by atoms with Crippen molar-refractivity contribution in [3.8, 4) is 0 Å². The molecule has 1 fully saturated rings. The van der Waals surface area contributed by atoms with Gasteiger partial charge in [0.2, 0.25) is 5.24 Å². The van der Waals surface area contributed by atoms with Crippen LogP contribution < -0.4 is 0 Å². The predicted octanol–water partition coefficient (Wildman–Crippen LogP) is 2.01. The minimum Gasteiger partial charge on any atom is -0.285 e. The summed E-state index contributed by atoms with van der Waals surface area (Å²) in [5.41, 5.74) is 0.0485. The zero-order valence-corrected chi connectivity index (χ0v) is 8.85. The monoisotopic (exact) mass is 189 g/mol. The summed E-state index contributed by atoms with van der Waals surface area (Å²) in [5, 5.41) is -0.219. The minimum absolute atomic E-state index is 0.0485. The van der Waals surface area contributed by atoms with Crippen LogP contribution in [0, 0.1) is 0 Å². The topological polar surface area (TPSA) is 20.3 Å². The van der Waals surface area contributed by atoms with Crippen LogP contribution in [0.15, 0.2) is 0 Å². The quantitative estimate of drug-likeness (QED) is 0.589. The van der Waals surface area contributed by atoms with Crippen LogP contribution in [0.25, 0.3) is 0 Å². The van der Waals surface area contributed by atoms with Crippen LogP contribution in [-0.2, 0) is 4.79 Å². The molecule has 0 aromatic heterocycles. The second-order valence-electron chi connectivity index (χ2n) is 4.48. The molecule has 70 valence electrons. The second-order valence-corrected chi connectivity index (χ2v) is 4.86. The number of nitrogens with zero attached hydrogens (tertiary/aromatic N) is 1. The van der Waals surface area contributed by atoms with Crippen molar-refractivity contribution >= 4 is 16.8 Å². The largest absolute Gasteiger partial charge is 0.285 e. The number of halogens is 1. The molecule has 3 heteroatoms. The smallest absolute Gasteiger partial charge is 0.238 e. The van der Waals surface area contributed by atoms with Gasteiger partial charge >= 0.3 is 0 Å². The lowest BCUT2D eigenvalue weighted by atomic mass is 9.87. The molecular weight excluding hydrogens is 174 g/mol. The van der Waals surface area contributed by atoms with Crippen LogP contribution in [0.5, 0.6) is 0 Å². The third-order valence-electron chi connectivity index (χ3n) is 2.41. The van der Waals surface area contributed by atoms with E-state index in [0.717, 1.165) is 6.42 Å². The number of rotatable bonds is 1. The Morgan fingerprint density at radius 1 is 1.50 bits per heavy atom. The van der Waals surface area contributed by atoms with Crippen molar-refractivity contribution in [2.24, 2.45) is 0 Å². The van der Waals surface area contributed by atoms with Gasteiger partial charge in [-0.05, 0) is 45.7 Å². The van der Waals surface area contributed by atoms with Crippen molar-refractivity contribution in [1.82, 2.24) is 4.90 Å². The van der Waals surface area contributed by atoms with Gasteiger partial charge in [0, 0.05) is 11.6 Å². The van der Waals surface area contributed by atoms with E-state index in [0.29, 0.717) is 6.04 Å². The van der Waals surface area contributed by atoms with E-state index < -0.39 is 0 Å². The highest BCUT2D eigenvalue weighted by atomic mass is 35.5. The van der Waals surface area contributed by atoms with Crippen LogP contribution in [0.2, 0.25) is 0 Å². The normalized spacial score (nSPS) is 31.4. The van der Waals surface area contributed by atoms with Crippen molar-refractivity contribution in [2.75, 3.05) is 0 Å². The maximum atomic E-state index is 11.0. The number of carbonyl (C=O) groups excluding carboxylic acids is 1. The Bertz CT molecular complexity index is 197. The van der Waals surface area contributed by atoms with Crippen LogP contribution >= 0.6 is 11.6 Å². The molecule has 0 radical (unpaired) electrons. The van der Waals surface area contributed by atoms with Gasteiger partial charge in [0.25, 0.3) is 0 Å². The fourth-order valence-corrected chi connectivity index (χ4v) is 2.24. The standard InChI is InChI=1S/C9H16ClNO/c1-6-5-7(8(10)12)11(6)9(2,3)4/h6-7H,5H2,1-4H3/t6-,7-/m1/s1. The lowest BCUT2D eigenvalue weighted by Crippen LogP contribution is -2.64. The summed E-state index contributed by atoms with van der Waals surface area (Å²) in [6, 6.07) is 0.430. The Kier molecular flexibility index (Phi) is 2.50. The molecule has 0 aromatic rings. The summed E-state index contributed by atoms with van der Waals surface area (Å²) < 4.78 is 0. The van der Waals surface area contributed by atoms with Crippen molar-refractivity contribution in [1.29, 1.82) is 0 Å². The Balaban J connectivity index is 2.68. The first kappa shape index (κ1) is 10.0. The van der Waals surface area contributed by atoms with Crippen molar-refractivity contribution in [2.45, 2.75) is 51.7 Å². The average molecular weight is 190 g/mol. The van der Waals surface area contributed by atoms with E-state index in [-0.39, 0.29) is 16.8 Å². The predicted molar refractivity (Wildman–Crippen MR) is 50.3 cm³/mol. The summed E-state index contributed by atoms with van der Waals surface area (Å²) >= 11 is 5.47. The fourth-order valence-electron chi connectivity index (χ4n) is 2.05. The minimum atomic E-state index is -0.219. The SMILES string of the molecule is C[C@@H]1C[C@H](C(=O)Cl)N1C(C)(C)C. The summed E-state index contributed by atoms with van der Waals surface area (Å²) in [6.45, 7) is 8.45. The molecule has 12 heavy (non-hydrogen) atoms. The van der Waals surface area contributed by atoms with Gasteiger partial charge in [-0.2, -0.15) is 0 Å².